The van der Waals surface area contributed by atoms with Crippen LogP contribution >= 0.6 is 0 Å². The van der Waals surface area contributed by atoms with Crippen LogP contribution in [0.5, 0.6) is 0 Å². The lowest BCUT2D eigenvalue weighted by molar-refractivity contribution is 0.159. The van der Waals surface area contributed by atoms with Crippen molar-refractivity contribution >= 4 is 0 Å². The van der Waals surface area contributed by atoms with Crippen molar-refractivity contribution in [3.63, 3.8) is 0 Å². The first-order valence-corrected chi connectivity index (χ1v) is 10.9. The van der Waals surface area contributed by atoms with Gasteiger partial charge < -0.3 is 10.2 Å². The molecule has 3 heteroatoms. The molecule has 0 rings (SSSR count). The topological polar surface area (TPSA) is 43.7 Å². The highest BCUT2D eigenvalue weighted by atomic mass is 16.3. The highest BCUT2D eigenvalue weighted by Gasteiger charge is 2.02. The fourth-order valence-corrected chi connectivity index (χ4v) is 3.19. The highest BCUT2D eigenvalue weighted by Crippen LogP contribution is 2.12. The molecule has 0 saturated heterocycles. The van der Waals surface area contributed by atoms with Crippen LogP contribution in [0.4, 0.5) is 0 Å². The second-order valence-corrected chi connectivity index (χ2v) is 7.23. The van der Waals surface area contributed by atoms with Crippen molar-refractivity contribution in [2.75, 3.05) is 32.8 Å². The number of hydrogen-bond acceptors (Lipinski definition) is 3. The number of unbranched alkanes of at least 4 members (excludes halogenated alkanes) is 12. The summed E-state index contributed by atoms with van der Waals surface area (Å²) in [4.78, 5) is 2.15. The van der Waals surface area contributed by atoms with Crippen molar-refractivity contribution in [2.45, 2.75) is 96.8 Å². The van der Waals surface area contributed by atoms with Gasteiger partial charge in [-0.05, 0) is 32.2 Å². The Morgan fingerprint density at radius 1 is 0.560 bits per heavy atom. The first-order chi connectivity index (χ1) is 12.3. The van der Waals surface area contributed by atoms with Gasteiger partial charge in [0.1, 0.15) is 0 Å². The summed E-state index contributed by atoms with van der Waals surface area (Å²) in [5.41, 5.74) is 0. The summed E-state index contributed by atoms with van der Waals surface area (Å²) in [6.45, 7) is 5.02. The van der Waals surface area contributed by atoms with Crippen molar-refractivity contribution in [3.05, 3.63) is 12.2 Å². The Labute approximate surface area is 157 Å². The molecule has 0 aromatic carbocycles. The quantitative estimate of drug-likeness (QED) is 0.230. The molecule has 3 nitrogen and oxygen atoms in total. The predicted molar refractivity (Wildman–Crippen MR) is 110 cm³/mol. The molecule has 0 aromatic rings. The van der Waals surface area contributed by atoms with Gasteiger partial charge in [0.2, 0.25) is 0 Å². The molecule has 0 aliphatic heterocycles. The van der Waals surface area contributed by atoms with E-state index < -0.39 is 0 Å². The maximum Gasteiger partial charge on any atom is 0.0558 e. The van der Waals surface area contributed by atoms with Gasteiger partial charge in [-0.1, -0.05) is 83.3 Å². The van der Waals surface area contributed by atoms with Crippen LogP contribution in [0.1, 0.15) is 96.8 Å². The van der Waals surface area contributed by atoms with E-state index in [0.717, 1.165) is 6.54 Å². The van der Waals surface area contributed by atoms with Crippen molar-refractivity contribution in [1.29, 1.82) is 0 Å². The molecule has 0 aliphatic rings. The SMILES string of the molecule is CCCC/C=C/CCCCCCCCCCCCN(CCO)CCO. The number of hydrogen-bond donors (Lipinski definition) is 2. The zero-order valence-corrected chi connectivity index (χ0v) is 16.9. The first kappa shape index (κ1) is 24.6. The first-order valence-electron chi connectivity index (χ1n) is 10.9. The Morgan fingerprint density at radius 2 is 1.00 bits per heavy atom. The number of allylic oxidation sites excluding steroid dienone is 2. The Kier molecular flexibility index (Phi) is 21.3. The van der Waals surface area contributed by atoms with Crippen LogP contribution in [0, 0.1) is 0 Å². The van der Waals surface area contributed by atoms with Crippen molar-refractivity contribution in [3.8, 4) is 0 Å². The van der Waals surface area contributed by atoms with Gasteiger partial charge in [-0.3, -0.25) is 4.90 Å². The molecule has 25 heavy (non-hydrogen) atoms. The van der Waals surface area contributed by atoms with E-state index in [9.17, 15) is 0 Å². The molecule has 0 saturated carbocycles. The van der Waals surface area contributed by atoms with E-state index in [1.54, 1.807) is 0 Å². The third-order valence-electron chi connectivity index (χ3n) is 4.82. The highest BCUT2D eigenvalue weighted by molar-refractivity contribution is 4.81. The van der Waals surface area contributed by atoms with Crippen molar-refractivity contribution < 1.29 is 10.2 Å². The molecule has 0 heterocycles. The summed E-state index contributed by atoms with van der Waals surface area (Å²) >= 11 is 0. The van der Waals surface area contributed by atoms with Gasteiger partial charge in [-0.15, -0.1) is 0 Å². The van der Waals surface area contributed by atoms with Crippen LogP contribution in [0.3, 0.4) is 0 Å². The van der Waals surface area contributed by atoms with Crippen LogP contribution in [0.25, 0.3) is 0 Å². The van der Waals surface area contributed by atoms with Crippen LogP contribution in [-0.2, 0) is 0 Å². The average Bonchev–Trinajstić information content (AvgIpc) is 2.61. The lowest BCUT2D eigenvalue weighted by Gasteiger charge is -2.19. The molecule has 0 amide bonds. The molecule has 0 fully saturated rings. The zero-order valence-electron chi connectivity index (χ0n) is 16.9. The average molecular weight is 356 g/mol. The third-order valence-corrected chi connectivity index (χ3v) is 4.82. The molecule has 2 N–H and O–H groups in total. The summed E-state index contributed by atoms with van der Waals surface area (Å²) < 4.78 is 0. The lowest BCUT2D eigenvalue weighted by Crippen LogP contribution is -2.30. The van der Waals surface area contributed by atoms with E-state index in [1.807, 2.05) is 0 Å². The van der Waals surface area contributed by atoms with Crippen LogP contribution in [-0.4, -0.2) is 48.0 Å². The van der Waals surface area contributed by atoms with Gasteiger partial charge in [0.05, 0.1) is 13.2 Å². The zero-order chi connectivity index (χ0) is 18.4. The summed E-state index contributed by atoms with van der Waals surface area (Å²) in [6.07, 6.45) is 23.4. The lowest BCUT2D eigenvalue weighted by atomic mass is 10.1. The summed E-state index contributed by atoms with van der Waals surface area (Å²) in [7, 11) is 0. The van der Waals surface area contributed by atoms with Gasteiger partial charge in [-0.2, -0.15) is 0 Å². The minimum atomic E-state index is 0.190. The number of rotatable bonds is 20. The van der Waals surface area contributed by atoms with E-state index in [1.165, 1.54) is 89.9 Å². The van der Waals surface area contributed by atoms with Crippen molar-refractivity contribution in [1.82, 2.24) is 4.90 Å². The van der Waals surface area contributed by atoms with Crippen LogP contribution in [0.2, 0.25) is 0 Å². The van der Waals surface area contributed by atoms with E-state index in [4.69, 9.17) is 10.2 Å². The Balaban J connectivity index is 3.19. The molecule has 0 atom stereocenters. The molecule has 0 aromatic heterocycles. The van der Waals surface area contributed by atoms with Crippen LogP contribution < -0.4 is 0 Å². The summed E-state index contributed by atoms with van der Waals surface area (Å²) in [5.74, 6) is 0. The minimum absolute atomic E-state index is 0.190. The number of aliphatic hydroxyl groups is 2. The molecule has 0 spiro atoms. The molecule has 150 valence electrons. The second-order valence-electron chi connectivity index (χ2n) is 7.23. The normalized spacial score (nSPS) is 11.8. The van der Waals surface area contributed by atoms with E-state index in [-0.39, 0.29) is 13.2 Å². The largest absolute Gasteiger partial charge is 0.395 e. The molecule has 0 aliphatic carbocycles. The van der Waals surface area contributed by atoms with E-state index in [0.29, 0.717) is 13.1 Å². The monoisotopic (exact) mass is 355 g/mol. The summed E-state index contributed by atoms with van der Waals surface area (Å²) in [6, 6.07) is 0. The molecular weight excluding hydrogens is 310 g/mol. The fraction of sp³-hybridized carbons (Fsp3) is 0.909. The third kappa shape index (κ3) is 19.8. The predicted octanol–water partition coefficient (Wildman–Crippen LogP) is 5.31. The van der Waals surface area contributed by atoms with Gasteiger partial charge in [0, 0.05) is 13.1 Å². The van der Waals surface area contributed by atoms with Gasteiger partial charge in [-0.25, -0.2) is 0 Å². The Bertz CT molecular complexity index is 263. The van der Waals surface area contributed by atoms with Crippen LogP contribution in [0.15, 0.2) is 12.2 Å². The molecular formula is C22H45NO2. The minimum Gasteiger partial charge on any atom is -0.395 e. The van der Waals surface area contributed by atoms with E-state index >= 15 is 0 Å². The second kappa shape index (κ2) is 21.7. The summed E-state index contributed by atoms with van der Waals surface area (Å²) in [5, 5.41) is 17.9. The van der Waals surface area contributed by atoms with Crippen molar-refractivity contribution in [2.24, 2.45) is 0 Å². The number of nitrogens with zero attached hydrogens (tertiary/aromatic N) is 1. The van der Waals surface area contributed by atoms with Gasteiger partial charge >= 0.3 is 0 Å². The Morgan fingerprint density at radius 3 is 1.48 bits per heavy atom. The molecule has 0 radical (unpaired) electrons. The van der Waals surface area contributed by atoms with E-state index in [2.05, 4.69) is 24.0 Å². The fourth-order valence-electron chi connectivity index (χ4n) is 3.19. The Hall–Kier alpha value is -0.380. The molecule has 0 unspecified atom stereocenters. The smallest absolute Gasteiger partial charge is 0.0558 e. The van der Waals surface area contributed by atoms with Gasteiger partial charge in [0.15, 0.2) is 0 Å². The molecule has 0 bridgehead atoms. The van der Waals surface area contributed by atoms with Gasteiger partial charge in [0.25, 0.3) is 0 Å². The number of aliphatic hydroxyl groups excluding tert-OH is 2. The standard InChI is InChI=1S/C22H45NO2/c1-2-3-4-5-6-7-8-9-10-11-12-13-14-15-16-17-18-23(19-21-24)20-22-25/h5-6,24-25H,2-4,7-22H2,1H3/b6-5+. The maximum absolute atomic E-state index is 8.97. The maximum atomic E-state index is 8.97.